The van der Waals surface area contributed by atoms with Crippen molar-refractivity contribution in [3.63, 3.8) is 0 Å². The number of hydrogen-bond donors (Lipinski definition) is 2. The Hall–Kier alpha value is -1.41. The lowest BCUT2D eigenvalue weighted by Gasteiger charge is -2.26. The number of aliphatic hydroxyl groups excluding tert-OH is 1. The van der Waals surface area contributed by atoms with Crippen LogP contribution in [0.15, 0.2) is 24.4 Å². The Morgan fingerprint density at radius 1 is 1.42 bits per heavy atom. The molecule has 0 saturated carbocycles. The largest absolute Gasteiger partial charge is 0.481 e. The van der Waals surface area contributed by atoms with Crippen molar-refractivity contribution in [1.29, 1.82) is 0 Å². The first-order valence-electron chi connectivity index (χ1n) is 7.91. The van der Waals surface area contributed by atoms with Gasteiger partial charge in [0.1, 0.15) is 5.75 Å². The molecule has 1 unspecified atom stereocenters. The van der Waals surface area contributed by atoms with E-state index in [4.69, 9.17) is 4.74 Å². The van der Waals surface area contributed by atoms with Crippen molar-refractivity contribution in [2.75, 3.05) is 6.61 Å². The molecule has 1 aromatic carbocycles. The van der Waals surface area contributed by atoms with Crippen LogP contribution in [0.1, 0.15) is 32.8 Å². The number of amides is 1. The molecule has 2 rings (SSSR count). The van der Waals surface area contributed by atoms with Gasteiger partial charge in [-0.15, -0.1) is 0 Å². The number of aliphatic hydroxyl groups is 1. The predicted octanol–water partition coefficient (Wildman–Crippen LogP) is 3.19. The highest BCUT2D eigenvalue weighted by atomic mass is 127. The molecule has 0 spiro atoms. The summed E-state index contributed by atoms with van der Waals surface area (Å²) in [5.74, 6) is 0.419. The number of aryl methyl sites for hydroxylation is 1. The average Bonchev–Trinajstić information content (AvgIpc) is 2.51. The molecule has 0 aliphatic heterocycles. The zero-order valence-electron chi connectivity index (χ0n) is 14.4. The van der Waals surface area contributed by atoms with E-state index in [-0.39, 0.29) is 12.5 Å². The summed E-state index contributed by atoms with van der Waals surface area (Å²) in [5, 5.41) is 13.1. The van der Waals surface area contributed by atoms with Gasteiger partial charge in [0.15, 0.2) is 6.10 Å². The zero-order valence-corrected chi connectivity index (χ0v) is 16.5. The number of nitrogens with zero attached hydrogens (tertiary/aromatic N) is 1. The Kier molecular flexibility index (Phi) is 6.03. The van der Waals surface area contributed by atoms with Crippen LogP contribution in [-0.4, -0.2) is 34.2 Å². The highest BCUT2D eigenvalue weighted by molar-refractivity contribution is 14.1. The van der Waals surface area contributed by atoms with E-state index in [1.165, 1.54) is 0 Å². The van der Waals surface area contributed by atoms with Gasteiger partial charge in [0, 0.05) is 15.2 Å². The Bertz CT molecular complexity index is 746. The Labute approximate surface area is 155 Å². The summed E-state index contributed by atoms with van der Waals surface area (Å²) in [5.41, 5.74) is 1.26. The van der Waals surface area contributed by atoms with Gasteiger partial charge in [-0.25, -0.2) is 0 Å². The van der Waals surface area contributed by atoms with Crippen molar-refractivity contribution in [2.24, 2.45) is 0 Å². The Balaban J connectivity index is 2.24. The lowest BCUT2D eigenvalue weighted by Crippen LogP contribution is -2.51. The van der Waals surface area contributed by atoms with Crippen molar-refractivity contribution in [2.45, 2.75) is 45.8 Å². The van der Waals surface area contributed by atoms with Gasteiger partial charge in [0.05, 0.1) is 17.7 Å². The van der Waals surface area contributed by atoms with Crippen molar-refractivity contribution >= 4 is 39.4 Å². The predicted molar refractivity (Wildman–Crippen MR) is 103 cm³/mol. The van der Waals surface area contributed by atoms with E-state index in [1.807, 2.05) is 38.2 Å². The van der Waals surface area contributed by atoms with E-state index in [0.717, 1.165) is 20.0 Å². The molecule has 0 radical (unpaired) electrons. The van der Waals surface area contributed by atoms with Crippen LogP contribution in [0.5, 0.6) is 5.75 Å². The number of rotatable bonds is 6. The molecule has 1 heterocycles. The molecule has 0 bridgehead atoms. The van der Waals surface area contributed by atoms with E-state index >= 15 is 0 Å². The van der Waals surface area contributed by atoms with Crippen LogP contribution in [0.25, 0.3) is 10.9 Å². The molecule has 24 heavy (non-hydrogen) atoms. The highest BCUT2D eigenvalue weighted by Crippen LogP contribution is 2.26. The van der Waals surface area contributed by atoms with Crippen molar-refractivity contribution < 1.29 is 14.6 Å². The summed E-state index contributed by atoms with van der Waals surface area (Å²) >= 11 is 2.22. The van der Waals surface area contributed by atoms with Crippen LogP contribution < -0.4 is 10.1 Å². The SMILES string of the molecule is CCC(Oc1cc(C)c2ncc(I)cc2c1)C(=O)NC(C)(C)CO. The van der Waals surface area contributed by atoms with Gasteiger partial charge in [0.2, 0.25) is 0 Å². The molecule has 0 fully saturated rings. The molecule has 2 N–H and O–H groups in total. The second-order valence-electron chi connectivity index (χ2n) is 6.51. The summed E-state index contributed by atoms with van der Waals surface area (Å²) in [4.78, 5) is 16.8. The number of halogens is 1. The number of carbonyl (C=O) groups is 1. The molecule has 0 aliphatic carbocycles. The summed E-state index contributed by atoms with van der Waals surface area (Å²) in [7, 11) is 0. The number of fused-ring (bicyclic) bond motifs is 1. The maximum Gasteiger partial charge on any atom is 0.261 e. The van der Waals surface area contributed by atoms with E-state index in [9.17, 15) is 9.90 Å². The van der Waals surface area contributed by atoms with E-state index in [2.05, 4.69) is 32.9 Å². The summed E-state index contributed by atoms with van der Waals surface area (Å²) in [6.45, 7) is 7.28. The monoisotopic (exact) mass is 442 g/mol. The molecule has 0 aliphatic rings. The maximum absolute atomic E-state index is 12.4. The summed E-state index contributed by atoms with van der Waals surface area (Å²) < 4.78 is 6.97. The second kappa shape index (κ2) is 7.65. The number of hydrogen-bond acceptors (Lipinski definition) is 4. The van der Waals surface area contributed by atoms with Gasteiger partial charge in [0.25, 0.3) is 5.91 Å². The topological polar surface area (TPSA) is 71.5 Å². The van der Waals surface area contributed by atoms with E-state index in [1.54, 1.807) is 13.8 Å². The molecule has 1 aromatic heterocycles. The normalized spacial score (nSPS) is 12.9. The molecule has 1 amide bonds. The number of aromatic nitrogens is 1. The van der Waals surface area contributed by atoms with Gasteiger partial charge >= 0.3 is 0 Å². The molecule has 130 valence electrons. The van der Waals surface area contributed by atoms with Crippen LogP contribution in [0.3, 0.4) is 0 Å². The third-order valence-corrected chi connectivity index (χ3v) is 4.30. The van der Waals surface area contributed by atoms with Crippen LogP contribution >= 0.6 is 22.6 Å². The molecular formula is C18H23IN2O3. The van der Waals surface area contributed by atoms with Gasteiger partial charge in [-0.05, 0) is 73.5 Å². The third kappa shape index (κ3) is 4.57. The third-order valence-electron chi connectivity index (χ3n) is 3.71. The number of pyridine rings is 1. The first-order chi connectivity index (χ1) is 11.3. The fourth-order valence-electron chi connectivity index (χ4n) is 2.38. The Morgan fingerprint density at radius 2 is 2.12 bits per heavy atom. The number of carbonyl (C=O) groups excluding carboxylic acids is 1. The standard InChI is InChI=1S/C18H23IN2O3/c1-5-15(17(23)21-18(3,4)10-22)24-14-6-11(2)16-12(8-14)7-13(19)9-20-16/h6-9,15,22H,5,10H2,1-4H3,(H,21,23). The molecular weight excluding hydrogens is 419 g/mol. The lowest BCUT2D eigenvalue weighted by molar-refractivity contribution is -0.130. The van der Waals surface area contributed by atoms with Gasteiger partial charge in [-0.3, -0.25) is 9.78 Å². The van der Waals surface area contributed by atoms with Crippen molar-refractivity contribution in [3.8, 4) is 5.75 Å². The fraction of sp³-hybridized carbons (Fsp3) is 0.444. The van der Waals surface area contributed by atoms with Crippen LogP contribution in [0.4, 0.5) is 0 Å². The quantitative estimate of drug-likeness (QED) is 0.675. The number of benzene rings is 1. The molecule has 2 aromatic rings. The van der Waals surface area contributed by atoms with Crippen molar-refractivity contribution in [3.05, 3.63) is 33.5 Å². The van der Waals surface area contributed by atoms with Crippen LogP contribution in [0, 0.1) is 10.5 Å². The molecule has 0 saturated heterocycles. The van der Waals surface area contributed by atoms with E-state index < -0.39 is 11.6 Å². The smallest absolute Gasteiger partial charge is 0.261 e. The fourth-order valence-corrected chi connectivity index (χ4v) is 2.85. The highest BCUT2D eigenvalue weighted by Gasteiger charge is 2.25. The number of nitrogens with one attached hydrogen (secondary N) is 1. The number of ether oxygens (including phenoxy) is 1. The minimum atomic E-state index is -0.673. The minimum Gasteiger partial charge on any atom is -0.481 e. The second-order valence-corrected chi connectivity index (χ2v) is 7.76. The van der Waals surface area contributed by atoms with E-state index in [0.29, 0.717) is 12.2 Å². The lowest BCUT2D eigenvalue weighted by atomic mass is 10.1. The van der Waals surface area contributed by atoms with Crippen LogP contribution in [-0.2, 0) is 4.79 Å². The first-order valence-corrected chi connectivity index (χ1v) is 8.99. The molecule has 5 nitrogen and oxygen atoms in total. The minimum absolute atomic E-state index is 0.131. The van der Waals surface area contributed by atoms with Gasteiger partial charge < -0.3 is 15.2 Å². The maximum atomic E-state index is 12.4. The van der Waals surface area contributed by atoms with Gasteiger partial charge in [-0.1, -0.05) is 6.92 Å². The molecule has 6 heteroatoms. The first kappa shape index (κ1) is 18.9. The summed E-state index contributed by atoms with van der Waals surface area (Å²) in [6.07, 6.45) is 1.76. The summed E-state index contributed by atoms with van der Waals surface area (Å²) in [6, 6.07) is 5.85. The molecule has 1 atom stereocenters. The zero-order chi connectivity index (χ0) is 17.9. The van der Waals surface area contributed by atoms with Crippen LogP contribution in [0.2, 0.25) is 0 Å². The van der Waals surface area contributed by atoms with Crippen molar-refractivity contribution in [1.82, 2.24) is 10.3 Å². The average molecular weight is 442 g/mol. The Morgan fingerprint density at radius 3 is 2.75 bits per heavy atom. The van der Waals surface area contributed by atoms with Gasteiger partial charge in [-0.2, -0.15) is 0 Å².